The Balaban J connectivity index is 1.50. The quantitative estimate of drug-likeness (QED) is 0.426. The van der Waals surface area contributed by atoms with Crippen molar-refractivity contribution in [1.82, 2.24) is 9.78 Å². The fourth-order valence-corrected chi connectivity index (χ4v) is 4.10. The number of aliphatic carboxylic acids is 1. The van der Waals surface area contributed by atoms with Gasteiger partial charge in [-0.05, 0) is 28.5 Å². The highest BCUT2D eigenvalue weighted by Crippen LogP contribution is 2.33. The first-order valence-electron chi connectivity index (χ1n) is 9.28. The molecule has 1 N–H and O–H groups in total. The Morgan fingerprint density at radius 2 is 2.03 bits per heavy atom. The predicted octanol–water partition coefficient (Wildman–Crippen LogP) is 4.87. The van der Waals surface area contributed by atoms with E-state index in [2.05, 4.69) is 35.4 Å². The summed E-state index contributed by atoms with van der Waals surface area (Å²) in [5.41, 5.74) is 1.98. The average Bonchev–Trinajstić information content (AvgIpc) is 3.37. The van der Waals surface area contributed by atoms with Gasteiger partial charge in [0, 0.05) is 35.8 Å². The zero-order valence-corrected chi connectivity index (χ0v) is 16.5. The van der Waals surface area contributed by atoms with Crippen LogP contribution in [0.4, 0.5) is 0 Å². The van der Waals surface area contributed by atoms with Crippen molar-refractivity contribution in [3.05, 3.63) is 88.4 Å². The van der Waals surface area contributed by atoms with E-state index in [1.54, 1.807) is 23.6 Å². The van der Waals surface area contributed by atoms with Crippen LogP contribution >= 0.6 is 11.3 Å². The number of hydrogen-bond acceptors (Lipinski definition) is 4. The molecule has 2 aromatic carbocycles. The number of carbonyl (C=O) groups is 1. The van der Waals surface area contributed by atoms with E-state index in [9.17, 15) is 4.79 Å². The lowest BCUT2D eigenvalue weighted by molar-refractivity contribution is -0.131. The summed E-state index contributed by atoms with van der Waals surface area (Å²) in [5.74, 6) is -0.254. The molecule has 0 unspecified atom stereocenters. The van der Waals surface area contributed by atoms with Crippen molar-refractivity contribution in [2.24, 2.45) is 0 Å². The van der Waals surface area contributed by atoms with Gasteiger partial charge in [0.05, 0.1) is 18.0 Å². The minimum atomic E-state index is -0.980. The van der Waals surface area contributed by atoms with Gasteiger partial charge in [-0.25, -0.2) is 4.79 Å². The number of benzene rings is 2. The Labute approximate surface area is 172 Å². The van der Waals surface area contributed by atoms with E-state index < -0.39 is 5.97 Å². The summed E-state index contributed by atoms with van der Waals surface area (Å²) in [6, 6.07) is 16.6. The second kappa shape index (κ2) is 8.75. The topological polar surface area (TPSA) is 64.3 Å². The number of aromatic nitrogens is 2. The third-order valence-corrected chi connectivity index (χ3v) is 5.54. The van der Waals surface area contributed by atoms with Crippen LogP contribution in [0, 0.1) is 0 Å². The Hall–Kier alpha value is -3.38. The summed E-state index contributed by atoms with van der Waals surface area (Å²) in [6.07, 6.45) is 7.11. The van der Waals surface area contributed by atoms with E-state index in [-0.39, 0.29) is 0 Å². The third-order valence-electron chi connectivity index (χ3n) is 4.56. The van der Waals surface area contributed by atoms with E-state index in [0.717, 1.165) is 28.7 Å². The summed E-state index contributed by atoms with van der Waals surface area (Å²) in [4.78, 5) is 11.9. The van der Waals surface area contributed by atoms with Crippen LogP contribution in [-0.4, -0.2) is 27.5 Å². The molecule has 146 valence electrons. The van der Waals surface area contributed by atoms with Gasteiger partial charge >= 0.3 is 5.97 Å². The molecule has 2 aromatic heterocycles. The molecule has 0 bridgehead atoms. The molecule has 0 saturated heterocycles. The third kappa shape index (κ3) is 4.73. The molecule has 0 aliphatic rings. The first kappa shape index (κ1) is 19.0. The summed E-state index contributed by atoms with van der Waals surface area (Å²) in [7, 11) is 0. The summed E-state index contributed by atoms with van der Waals surface area (Å²) in [5, 5.41) is 17.6. The minimum Gasteiger partial charge on any atom is -0.491 e. The molecule has 4 aromatic rings. The monoisotopic (exact) mass is 404 g/mol. The van der Waals surface area contributed by atoms with Crippen LogP contribution in [0.2, 0.25) is 0 Å². The lowest BCUT2D eigenvalue weighted by atomic mass is 10.1. The zero-order valence-electron chi connectivity index (χ0n) is 15.7. The van der Waals surface area contributed by atoms with E-state index in [4.69, 9.17) is 9.84 Å². The molecule has 0 spiro atoms. The number of carboxylic acid groups (broad SMARTS) is 1. The largest absolute Gasteiger partial charge is 0.491 e. The van der Waals surface area contributed by atoms with Crippen LogP contribution in [0.15, 0.2) is 72.4 Å². The zero-order chi connectivity index (χ0) is 20.1. The molecule has 0 aliphatic heterocycles. The standard InChI is InChI=1S/C23H20N2O3S/c26-22(27)9-8-20-16-29-21(15-25-12-3-11-24-25)23(20)28-13-10-17-6-7-18-4-1-2-5-19(18)14-17/h1-9,11-12,14,16H,10,13,15H2,(H,26,27). The van der Waals surface area contributed by atoms with E-state index in [1.165, 1.54) is 16.3 Å². The van der Waals surface area contributed by atoms with E-state index in [1.807, 2.05) is 34.5 Å². The highest BCUT2D eigenvalue weighted by Gasteiger charge is 2.13. The molecule has 2 heterocycles. The van der Waals surface area contributed by atoms with Crippen molar-refractivity contribution < 1.29 is 14.6 Å². The van der Waals surface area contributed by atoms with Gasteiger partial charge < -0.3 is 9.84 Å². The Bertz CT molecular complexity index is 1150. The number of fused-ring (bicyclic) bond motifs is 1. The van der Waals surface area contributed by atoms with Gasteiger partial charge in [0.1, 0.15) is 5.75 Å². The Kier molecular flexibility index (Phi) is 5.72. The smallest absolute Gasteiger partial charge is 0.328 e. The van der Waals surface area contributed by atoms with Gasteiger partial charge in [0.15, 0.2) is 0 Å². The maximum absolute atomic E-state index is 10.9. The highest BCUT2D eigenvalue weighted by molar-refractivity contribution is 7.10. The minimum absolute atomic E-state index is 0.509. The number of nitrogens with zero attached hydrogens (tertiary/aromatic N) is 2. The molecule has 0 radical (unpaired) electrons. The second-order valence-corrected chi connectivity index (χ2v) is 7.56. The van der Waals surface area contributed by atoms with Crippen LogP contribution in [0.5, 0.6) is 5.75 Å². The molecule has 0 fully saturated rings. The number of ether oxygens (including phenoxy) is 1. The van der Waals surface area contributed by atoms with Gasteiger partial charge in [0.2, 0.25) is 0 Å². The van der Waals surface area contributed by atoms with E-state index >= 15 is 0 Å². The van der Waals surface area contributed by atoms with Crippen LogP contribution < -0.4 is 4.74 Å². The normalized spacial score (nSPS) is 11.3. The van der Waals surface area contributed by atoms with Crippen molar-refractivity contribution in [3.8, 4) is 5.75 Å². The highest BCUT2D eigenvalue weighted by atomic mass is 32.1. The molecule has 0 atom stereocenters. The van der Waals surface area contributed by atoms with Crippen LogP contribution in [0.3, 0.4) is 0 Å². The molecule has 0 amide bonds. The van der Waals surface area contributed by atoms with Crippen molar-refractivity contribution in [2.75, 3.05) is 6.61 Å². The summed E-state index contributed by atoms with van der Waals surface area (Å²) in [6.45, 7) is 1.10. The first-order valence-corrected chi connectivity index (χ1v) is 10.2. The summed E-state index contributed by atoms with van der Waals surface area (Å²) >= 11 is 1.54. The number of carboxylic acids is 1. The van der Waals surface area contributed by atoms with Crippen LogP contribution in [-0.2, 0) is 17.8 Å². The van der Waals surface area contributed by atoms with Gasteiger partial charge in [-0.1, -0.05) is 42.5 Å². The maximum Gasteiger partial charge on any atom is 0.328 e. The molecule has 29 heavy (non-hydrogen) atoms. The Morgan fingerprint density at radius 3 is 2.83 bits per heavy atom. The van der Waals surface area contributed by atoms with Crippen molar-refractivity contribution >= 4 is 34.2 Å². The van der Waals surface area contributed by atoms with Crippen LogP contribution in [0.25, 0.3) is 16.8 Å². The van der Waals surface area contributed by atoms with Crippen molar-refractivity contribution in [3.63, 3.8) is 0 Å². The number of rotatable bonds is 8. The van der Waals surface area contributed by atoms with Gasteiger partial charge in [0.25, 0.3) is 0 Å². The SMILES string of the molecule is O=C(O)C=Cc1csc(Cn2cccn2)c1OCCc1ccc2ccccc2c1. The Morgan fingerprint density at radius 1 is 1.17 bits per heavy atom. The fourth-order valence-electron chi connectivity index (χ4n) is 3.16. The molecular formula is C23H20N2O3S. The lowest BCUT2D eigenvalue weighted by Gasteiger charge is -2.10. The molecule has 4 rings (SSSR count). The molecule has 5 nitrogen and oxygen atoms in total. The molecule has 0 aliphatic carbocycles. The fraction of sp³-hybridized carbons (Fsp3) is 0.130. The molecular weight excluding hydrogens is 384 g/mol. The lowest BCUT2D eigenvalue weighted by Crippen LogP contribution is -2.05. The van der Waals surface area contributed by atoms with Crippen molar-refractivity contribution in [1.29, 1.82) is 0 Å². The van der Waals surface area contributed by atoms with Crippen molar-refractivity contribution in [2.45, 2.75) is 13.0 Å². The van der Waals surface area contributed by atoms with Gasteiger partial charge in [-0.3, -0.25) is 4.68 Å². The molecule has 6 heteroatoms. The van der Waals surface area contributed by atoms with E-state index in [0.29, 0.717) is 13.2 Å². The number of hydrogen-bond donors (Lipinski definition) is 1. The summed E-state index contributed by atoms with van der Waals surface area (Å²) < 4.78 is 7.96. The molecule has 0 saturated carbocycles. The number of thiophene rings is 1. The second-order valence-electron chi connectivity index (χ2n) is 6.60. The van der Waals surface area contributed by atoms with Gasteiger partial charge in [-0.2, -0.15) is 5.10 Å². The first-order chi connectivity index (χ1) is 14.2. The maximum atomic E-state index is 10.9. The average molecular weight is 404 g/mol. The predicted molar refractivity (Wildman–Crippen MR) is 115 cm³/mol. The van der Waals surface area contributed by atoms with Crippen LogP contribution in [0.1, 0.15) is 16.0 Å². The van der Waals surface area contributed by atoms with Gasteiger partial charge in [-0.15, -0.1) is 11.3 Å².